The van der Waals surface area contributed by atoms with Crippen LogP contribution in [0.3, 0.4) is 0 Å². The van der Waals surface area contributed by atoms with Crippen LogP contribution in [-0.2, 0) is 0 Å². The Bertz CT molecular complexity index is 827. The third kappa shape index (κ3) is 3.99. The van der Waals surface area contributed by atoms with E-state index in [1.54, 1.807) is 0 Å². The molecule has 1 fully saturated rings. The molecular weight excluding hydrogens is 350 g/mol. The minimum atomic E-state index is -0.878. The first-order valence-corrected chi connectivity index (χ1v) is 8.49. The largest absolute Gasteiger partial charge is 0.382 e. The third-order valence-electron chi connectivity index (χ3n) is 4.36. The molecule has 1 saturated heterocycles. The van der Waals surface area contributed by atoms with Crippen LogP contribution in [-0.4, -0.2) is 41.4 Å². The molecule has 2 aromatic rings. The van der Waals surface area contributed by atoms with Crippen molar-refractivity contribution in [3.05, 3.63) is 51.4 Å². The monoisotopic (exact) mass is 368 g/mol. The molecule has 25 heavy (non-hydrogen) atoms. The van der Waals surface area contributed by atoms with Crippen LogP contribution in [0.1, 0.15) is 12.8 Å². The van der Waals surface area contributed by atoms with Gasteiger partial charge in [0.1, 0.15) is 16.5 Å². The number of piperidine rings is 1. The van der Waals surface area contributed by atoms with Gasteiger partial charge in [-0.2, -0.15) is 9.78 Å². The Balaban J connectivity index is 1.79. The molecule has 5 nitrogen and oxygen atoms in total. The van der Waals surface area contributed by atoms with E-state index >= 15 is 0 Å². The van der Waals surface area contributed by atoms with E-state index in [2.05, 4.69) is 22.4 Å². The van der Waals surface area contributed by atoms with Crippen LogP contribution in [0.4, 0.5) is 14.5 Å². The van der Waals surface area contributed by atoms with Crippen LogP contribution in [0.2, 0.25) is 5.02 Å². The first-order valence-electron chi connectivity index (χ1n) is 8.11. The average molecular weight is 369 g/mol. The quantitative estimate of drug-likeness (QED) is 0.901. The van der Waals surface area contributed by atoms with Crippen molar-refractivity contribution < 1.29 is 8.78 Å². The zero-order valence-corrected chi connectivity index (χ0v) is 14.6. The molecule has 0 saturated carbocycles. The molecule has 0 amide bonds. The molecule has 2 heterocycles. The van der Waals surface area contributed by atoms with Crippen LogP contribution in [0.5, 0.6) is 0 Å². The fourth-order valence-electron chi connectivity index (χ4n) is 3.07. The molecular formula is C17H19ClF2N4O. The van der Waals surface area contributed by atoms with Gasteiger partial charge in [-0.25, -0.2) is 8.78 Å². The highest BCUT2D eigenvalue weighted by molar-refractivity contribution is 6.32. The Morgan fingerprint density at radius 3 is 2.92 bits per heavy atom. The summed E-state index contributed by atoms with van der Waals surface area (Å²) < 4.78 is 27.7. The molecule has 0 bridgehead atoms. The normalized spacial score (nSPS) is 18.3. The minimum Gasteiger partial charge on any atom is -0.382 e. The highest BCUT2D eigenvalue weighted by Crippen LogP contribution is 2.21. The van der Waals surface area contributed by atoms with E-state index in [1.165, 1.54) is 6.20 Å². The minimum absolute atomic E-state index is 0.0668. The summed E-state index contributed by atoms with van der Waals surface area (Å²) in [5.74, 6) is -1.14. The molecule has 8 heteroatoms. The molecule has 1 atom stereocenters. The number of likely N-dealkylation sites (tertiary alicyclic amines) is 1. The van der Waals surface area contributed by atoms with Crippen molar-refractivity contribution in [2.45, 2.75) is 12.8 Å². The van der Waals surface area contributed by atoms with Gasteiger partial charge in [0.2, 0.25) is 0 Å². The van der Waals surface area contributed by atoms with Gasteiger partial charge in [-0.15, -0.1) is 0 Å². The van der Waals surface area contributed by atoms with Crippen molar-refractivity contribution in [1.82, 2.24) is 14.7 Å². The molecule has 1 aromatic heterocycles. The molecule has 134 valence electrons. The average Bonchev–Trinajstić information content (AvgIpc) is 2.57. The lowest BCUT2D eigenvalue weighted by atomic mass is 9.98. The Kier molecular flexibility index (Phi) is 5.34. The van der Waals surface area contributed by atoms with E-state index in [4.69, 9.17) is 11.6 Å². The summed E-state index contributed by atoms with van der Waals surface area (Å²) in [4.78, 5) is 14.7. The SMILES string of the molecule is CN1CCCC(CNc2cnn(-c3ccc(F)cc3F)c(=O)c2Cl)C1. The van der Waals surface area contributed by atoms with E-state index in [0.717, 1.165) is 42.7 Å². The summed E-state index contributed by atoms with van der Waals surface area (Å²) in [6.07, 6.45) is 3.64. The van der Waals surface area contributed by atoms with E-state index in [9.17, 15) is 13.6 Å². The first-order chi connectivity index (χ1) is 12.0. The fourth-order valence-corrected chi connectivity index (χ4v) is 3.27. The van der Waals surface area contributed by atoms with E-state index in [0.29, 0.717) is 24.2 Å². The number of halogens is 3. The van der Waals surface area contributed by atoms with E-state index in [-0.39, 0.29) is 10.7 Å². The van der Waals surface area contributed by atoms with Gasteiger partial charge in [-0.05, 0) is 44.5 Å². The molecule has 1 aliphatic rings. The number of rotatable bonds is 4. The highest BCUT2D eigenvalue weighted by atomic mass is 35.5. The van der Waals surface area contributed by atoms with E-state index < -0.39 is 17.2 Å². The molecule has 1 N–H and O–H groups in total. The maximum absolute atomic E-state index is 13.9. The number of anilines is 1. The molecule has 1 aromatic carbocycles. The van der Waals surface area contributed by atoms with E-state index in [1.807, 2.05) is 0 Å². The van der Waals surface area contributed by atoms with Gasteiger partial charge in [0.25, 0.3) is 5.56 Å². The van der Waals surface area contributed by atoms with Crippen LogP contribution in [0.25, 0.3) is 5.69 Å². The van der Waals surface area contributed by atoms with Gasteiger partial charge in [0.05, 0.1) is 11.9 Å². The number of benzene rings is 1. The maximum atomic E-state index is 13.9. The summed E-state index contributed by atoms with van der Waals surface area (Å²) in [6, 6.07) is 2.91. The maximum Gasteiger partial charge on any atom is 0.292 e. The van der Waals surface area contributed by atoms with Crippen LogP contribution < -0.4 is 10.9 Å². The molecule has 0 spiro atoms. The predicted octanol–water partition coefficient (Wildman–Crippen LogP) is 2.92. The Morgan fingerprint density at radius 2 is 2.20 bits per heavy atom. The van der Waals surface area contributed by atoms with Crippen molar-refractivity contribution in [2.75, 3.05) is 32.0 Å². The third-order valence-corrected chi connectivity index (χ3v) is 4.73. The second kappa shape index (κ2) is 7.49. The summed E-state index contributed by atoms with van der Waals surface area (Å²) in [6.45, 7) is 2.76. The number of hydrogen-bond donors (Lipinski definition) is 1. The zero-order valence-electron chi connectivity index (χ0n) is 13.8. The lowest BCUT2D eigenvalue weighted by Gasteiger charge is -2.30. The Labute approximate surface area is 149 Å². The topological polar surface area (TPSA) is 50.2 Å². The second-order valence-corrected chi connectivity index (χ2v) is 6.71. The summed E-state index contributed by atoms with van der Waals surface area (Å²) >= 11 is 6.14. The van der Waals surface area contributed by atoms with Crippen LogP contribution >= 0.6 is 11.6 Å². The molecule has 0 aliphatic carbocycles. The molecule has 1 unspecified atom stereocenters. The van der Waals surface area contributed by atoms with Gasteiger partial charge in [0, 0.05) is 19.2 Å². The number of nitrogens with one attached hydrogen (secondary N) is 1. The van der Waals surface area contributed by atoms with Crippen molar-refractivity contribution >= 4 is 17.3 Å². The van der Waals surface area contributed by atoms with Crippen LogP contribution in [0, 0.1) is 17.6 Å². The second-order valence-electron chi connectivity index (χ2n) is 6.34. The van der Waals surface area contributed by atoms with Crippen molar-refractivity contribution in [3.63, 3.8) is 0 Å². The lowest BCUT2D eigenvalue weighted by Crippen LogP contribution is -2.35. The van der Waals surface area contributed by atoms with Crippen molar-refractivity contribution in [3.8, 4) is 5.69 Å². The van der Waals surface area contributed by atoms with Gasteiger partial charge < -0.3 is 10.2 Å². The summed E-state index contributed by atoms with van der Waals surface area (Å²) in [5.41, 5.74) is -0.384. The Hall–Kier alpha value is -1.99. The van der Waals surface area contributed by atoms with Gasteiger partial charge in [-0.1, -0.05) is 11.6 Å². The van der Waals surface area contributed by atoms with Crippen molar-refractivity contribution in [1.29, 1.82) is 0 Å². The van der Waals surface area contributed by atoms with Crippen molar-refractivity contribution in [2.24, 2.45) is 5.92 Å². The molecule has 1 aliphatic heterocycles. The predicted molar refractivity (Wildman–Crippen MR) is 93.5 cm³/mol. The first kappa shape index (κ1) is 17.8. The number of aromatic nitrogens is 2. The van der Waals surface area contributed by atoms with Crippen LogP contribution in [0.15, 0.2) is 29.2 Å². The van der Waals surface area contributed by atoms with Gasteiger partial charge >= 0.3 is 0 Å². The zero-order chi connectivity index (χ0) is 18.0. The van der Waals surface area contributed by atoms with Gasteiger partial charge in [0.15, 0.2) is 5.82 Å². The van der Waals surface area contributed by atoms with Gasteiger partial charge in [-0.3, -0.25) is 4.79 Å². The fraction of sp³-hybridized carbons (Fsp3) is 0.412. The number of hydrogen-bond acceptors (Lipinski definition) is 4. The summed E-state index contributed by atoms with van der Waals surface area (Å²) in [7, 11) is 2.08. The standard InChI is InChI=1S/C17H19ClF2N4O/c1-23-6-2-3-11(10-23)8-21-14-9-22-24(17(25)16(14)18)15-5-4-12(19)7-13(15)20/h4-5,7,9,11,21H,2-3,6,8,10H2,1H3. The lowest BCUT2D eigenvalue weighted by molar-refractivity contribution is 0.217. The smallest absolute Gasteiger partial charge is 0.292 e. The molecule has 3 rings (SSSR count). The molecule has 0 radical (unpaired) electrons. The number of nitrogens with zero attached hydrogens (tertiary/aromatic N) is 3. The highest BCUT2D eigenvalue weighted by Gasteiger charge is 2.18. The summed E-state index contributed by atoms with van der Waals surface area (Å²) in [5, 5.41) is 7.05. The Morgan fingerprint density at radius 1 is 1.40 bits per heavy atom.